The van der Waals surface area contributed by atoms with Crippen molar-refractivity contribution >= 4 is 39.2 Å². The Morgan fingerprint density at radius 2 is 2.00 bits per heavy atom. The number of nitrogens with one attached hydrogen (secondary N) is 1. The first kappa shape index (κ1) is 19.1. The number of nitrogens with zero attached hydrogens (tertiary/aromatic N) is 6. The molecule has 0 bridgehead atoms. The molecule has 3 aromatic heterocycles. The number of aryl methyl sites for hydroxylation is 1. The molecular weight excluding hydrogens is 450 g/mol. The van der Waals surface area contributed by atoms with E-state index in [2.05, 4.69) is 31.3 Å². The second-order valence-corrected chi connectivity index (χ2v) is 9.31. The molecule has 156 valence electrons. The van der Waals surface area contributed by atoms with Crippen LogP contribution in [-0.4, -0.2) is 67.1 Å². The normalized spacial score (nSPS) is 17.6. The van der Waals surface area contributed by atoms with Crippen LogP contribution >= 0.6 is 15.9 Å². The van der Waals surface area contributed by atoms with Crippen molar-refractivity contribution in [3.8, 4) is 0 Å². The molecule has 1 aliphatic heterocycles. The Kier molecular flexibility index (Phi) is 4.35. The Balaban J connectivity index is 1.16. The highest BCUT2D eigenvalue weighted by atomic mass is 79.9. The number of hydrogen-bond donors (Lipinski definition) is 1. The lowest BCUT2D eigenvalue weighted by Crippen LogP contribution is -2.67. The maximum absolute atomic E-state index is 12.9. The van der Waals surface area contributed by atoms with E-state index in [4.69, 9.17) is 0 Å². The highest BCUT2D eigenvalue weighted by molar-refractivity contribution is 9.10. The van der Waals surface area contributed by atoms with Gasteiger partial charge in [0, 0.05) is 61.7 Å². The number of aromatic nitrogens is 4. The molecule has 10 heteroatoms. The molecule has 5 rings (SSSR count). The van der Waals surface area contributed by atoms with Crippen LogP contribution in [0.15, 0.2) is 41.5 Å². The molecule has 2 aliphatic rings. The van der Waals surface area contributed by atoms with Crippen LogP contribution in [0.5, 0.6) is 0 Å². The van der Waals surface area contributed by atoms with Gasteiger partial charge in [-0.3, -0.25) is 9.78 Å². The van der Waals surface area contributed by atoms with Crippen molar-refractivity contribution in [1.82, 2.24) is 29.0 Å². The fraction of sp³-hybridized carbons (Fsp3) is 0.400. The number of hydrogen-bond acceptors (Lipinski definition) is 4. The van der Waals surface area contributed by atoms with E-state index in [-0.39, 0.29) is 23.4 Å². The minimum atomic E-state index is -0.145. The van der Waals surface area contributed by atoms with E-state index in [1.54, 1.807) is 28.0 Å². The lowest BCUT2D eigenvalue weighted by atomic mass is 9.60. The Morgan fingerprint density at radius 1 is 1.23 bits per heavy atom. The highest BCUT2D eigenvalue weighted by Gasteiger charge is 2.55. The minimum Gasteiger partial charge on any atom is -0.337 e. The van der Waals surface area contributed by atoms with Gasteiger partial charge in [0.2, 0.25) is 0 Å². The summed E-state index contributed by atoms with van der Waals surface area (Å²) in [6.07, 6.45) is 10.5. The van der Waals surface area contributed by atoms with Crippen LogP contribution in [-0.2, 0) is 7.05 Å². The van der Waals surface area contributed by atoms with Crippen molar-refractivity contribution < 1.29 is 9.59 Å². The van der Waals surface area contributed by atoms with Gasteiger partial charge in [0.1, 0.15) is 11.2 Å². The molecule has 9 nitrogen and oxygen atoms in total. The van der Waals surface area contributed by atoms with E-state index < -0.39 is 0 Å². The molecule has 1 saturated carbocycles. The van der Waals surface area contributed by atoms with E-state index in [9.17, 15) is 9.59 Å². The van der Waals surface area contributed by atoms with Crippen LogP contribution in [0.1, 0.15) is 23.2 Å². The number of fused-ring (bicyclic) bond motifs is 1. The SMILES string of the molecule is CN(C(=O)Nc1cncc(Br)c1)C1CC2(C1)CN(C(=O)c1cnn3ccn(C)c13)C2. The third-order valence-corrected chi connectivity index (χ3v) is 6.70. The zero-order valence-corrected chi connectivity index (χ0v) is 18.3. The minimum absolute atomic E-state index is 0.0223. The molecule has 1 saturated heterocycles. The number of urea groups is 1. The summed E-state index contributed by atoms with van der Waals surface area (Å²) >= 11 is 3.35. The van der Waals surface area contributed by atoms with Crippen molar-refractivity contribution in [3.63, 3.8) is 0 Å². The first-order valence-electron chi connectivity index (χ1n) is 9.78. The van der Waals surface area contributed by atoms with Gasteiger partial charge in [-0.2, -0.15) is 5.10 Å². The number of halogens is 1. The molecule has 1 N–H and O–H groups in total. The van der Waals surface area contributed by atoms with Crippen molar-refractivity contribution in [1.29, 1.82) is 0 Å². The van der Waals surface area contributed by atoms with E-state index >= 15 is 0 Å². The van der Waals surface area contributed by atoms with Gasteiger partial charge in [-0.25, -0.2) is 9.31 Å². The van der Waals surface area contributed by atoms with Crippen LogP contribution in [0.3, 0.4) is 0 Å². The van der Waals surface area contributed by atoms with Crippen LogP contribution in [0.25, 0.3) is 5.65 Å². The average molecular weight is 472 g/mol. The molecule has 2 fully saturated rings. The molecular formula is C20H22BrN7O2. The third kappa shape index (κ3) is 3.06. The summed E-state index contributed by atoms with van der Waals surface area (Å²) in [6.45, 7) is 1.46. The van der Waals surface area contributed by atoms with Gasteiger partial charge in [-0.1, -0.05) is 0 Å². The summed E-state index contributed by atoms with van der Waals surface area (Å²) in [4.78, 5) is 33.1. The van der Waals surface area contributed by atoms with E-state index in [1.807, 2.05) is 42.0 Å². The zero-order chi connectivity index (χ0) is 21.0. The van der Waals surface area contributed by atoms with E-state index in [0.717, 1.165) is 36.1 Å². The van der Waals surface area contributed by atoms with Crippen molar-refractivity contribution in [2.24, 2.45) is 12.5 Å². The second kappa shape index (κ2) is 6.83. The van der Waals surface area contributed by atoms with Gasteiger partial charge < -0.3 is 19.7 Å². The topological polar surface area (TPSA) is 87.8 Å². The maximum Gasteiger partial charge on any atom is 0.321 e. The third-order valence-electron chi connectivity index (χ3n) is 6.27. The standard InChI is InChI=1S/C20H22BrN7O2/c1-25-3-4-28-17(25)16(10-23-28)18(29)27-11-20(12-27)6-15(7-20)26(2)19(30)24-14-5-13(21)8-22-9-14/h3-5,8-10,15H,6-7,11-12H2,1-2H3,(H,24,30). The molecule has 0 aromatic carbocycles. The zero-order valence-electron chi connectivity index (χ0n) is 16.7. The number of anilines is 1. The van der Waals surface area contributed by atoms with Crippen LogP contribution in [0, 0.1) is 5.41 Å². The Morgan fingerprint density at radius 3 is 2.73 bits per heavy atom. The monoisotopic (exact) mass is 471 g/mol. The first-order chi connectivity index (χ1) is 14.3. The lowest BCUT2D eigenvalue weighted by molar-refractivity contribution is -0.0787. The molecule has 4 heterocycles. The van der Waals surface area contributed by atoms with Gasteiger partial charge in [-0.15, -0.1) is 0 Å². The predicted molar refractivity (Wildman–Crippen MR) is 114 cm³/mol. The summed E-state index contributed by atoms with van der Waals surface area (Å²) in [6, 6.07) is 1.85. The van der Waals surface area contributed by atoms with Crippen LogP contribution in [0.2, 0.25) is 0 Å². The Hall–Kier alpha value is -2.88. The Labute approximate surface area is 181 Å². The number of carbonyl (C=O) groups excluding carboxylic acids is 2. The fourth-order valence-corrected chi connectivity index (χ4v) is 4.97. The number of amides is 3. The summed E-state index contributed by atoms with van der Waals surface area (Å²) in [5, 5.41) is 7.13. The molecule has 0 unspecified atom stereocenters. The molecule has 1 aliphatic carbocycles. The van der Waals surface area contributed by atoms with Gasteiger partial charge >= 0.3 is 6.03 Å². The summed E-state index contributed by atoms with van der Waals surface area (Å²) in [5.41, 5.74) is 2.23. The second-order valence-electron chi connectivity index (χ2n) is 8.39. The van der Waals surface area contributed by atoms with Gasteiger partial charge in [0.05, 0.1) is 18.1 Å². The molecule has 0 atom stereocenters. The summed E-state index contributed by atoms with van der Waals surface area (Å²) < 4.78 is 4.44. The van der Waals surface area contributed by atoms with Crippen molar-refractivity contribution in [2.45, 2.75) is 18.9 Å². The van der Waals surface area contributed by atoms with Crippen LogP contribution < -0.4 is 5.32 Å². The first-order valence-corrected chi connectivity index (χ1v) is 10.6. The molecule has 0 radical (unpaired) electrons. The molecule has 3 aromatic rings. The van der Waals surface area contributed by atoms with Gasteiger partial charge in [0.15, 0.2) is 0 Å². The van der Waals surface area contributed by atoms with Crippen molar-refractivity contribution in [2.75, 3.05) is 25.5 Å². The largest absolute Gasteiger partial charge is 0.337 e. The fourth-order valence-electron chi connectivity index (χ4n) is 4.61. The number of likely N-dealkylation sites (tertiary alicyclic amines) is 1. The lowest BCUT2D eigenvalue weighted by Gasteiger charge is -2.60. The van der Waals surface area contributed by atoms with Crippen LogP contribution in [0.4, 0.5) is 10.5 Å². The molecule has 3 amide bonds. The number of pyridine rings is 1. The Bertz CT molecular complexity index is 1140. The molecule has 1 spiro atoms. The molecule has 30 heavy (non-hydrogen) atoms. The van der Waals surface area contributed by atoms with E-state index in [1.165, 1.54) is 0 Å². The smallest absolute Gasteiger partial charge is 0.321 e. The van der Waals surface area contributed by atoms with E-state index in [0.29, 0.717) is 11.3 Å². The van der Waals surface area contributed by atoms with Gasteiger partial charge in [-0.05, 0) is 34.8 Å². The maximum atomic E-state index is 12.9. The number of carbonyl (C=O) groups is 2. The summed E-state index contributed by atoms with van der Waals surface area (Å²) in [7, 11) is 3.73. The number of imidazole rings is 1. The predicted octanol–water partition coefficient (Wildman–Crippen LogP) is 2.60. The quantitative estimate of drug-likeness (QED) is 0.635. The average Bonchev–Trinajstić information content (AvgIpc) is 3.22. The highest BCUT2D eigenvalue weighted by Crippen LogP contribution is 2.50. The van der Waals surface area contributed by atoms with Crippen molar-refractivity contribution in [3.05, 3.63) is 47.1 Å². The summed E-state index contributed by atoms with van der Waals surface area (Å²) in [5.74, 6) is 0.0223. The number of rotatable bonds is 3. The van der Waals surface area contributed by atoms with Gasteiger partial charge in [0.25, 0.3) is 5.91 Å².